The molecule has 168 valence electrons. The third-order valence-electron chi connectivity index (χ3n) is 8.20. The molecule has 3 aliphatic rings. The third kappa shape index (κ3) is 2.94. The van der Waals surface area contributed by atoms with Crippen molar-refractivity contribution in [1.82, 2.24) is 9.55 Å². The molecule has 0 amide bonds. The van der Waals surface area contributed by atoms with Gasteiger partial charge in [-0.2, -0.15) is 4.98 Å². The molecule has 3 fully saturated rings. The number of nitrogens with zero attached hydrogens (tertiary/aromatic N) is 2. The lowest BCUT2D eigenvalue weighted by molar-refractivity contribution is -0.260. The summed E-state index contributed by atoms with van der Waals surface area (Å²) in [5.74, 6) is 0.264. The van der Waals surface area contributed by atoms with Gasteiger partial charge in [0.1, 0.15) is 29.2 Å². The average Bonchev–Trinajstić information content (AvgIpc) is 3.40. The molecule has 2 N–H and O–H groups in total. The van der Waals surface area contributed by atoms with Crippen molar-refractivity contribution in [1.29, 1.82) is 0 Å². The van der Waals surface area contributed by atoms with Gasteiger partial charge in [-0.3, -0.25) is 4.57 Å². The van der Waals surface area contributed by atoms with Crippen molar-refractivity contribution in [3.63, 3.8) is 0 Å². The van der Waals surface area contributed by atoms with Crippen molar-refractivity contribution in [2.45, 2.75) is 114 Å². The maximum atomic E-state index is 12.7. The van der Waals surface area contributed by atoms with Gasteiger partial charge in [0.15, 0.2) is 14.5 Å². The van der Waals surface area contributed by atoms with E-state index in [9.17, 15) is 4.79 Å². The summed E-state index contributed by atoms with van der Waals surface area (Å²) in [6.07, 6.45) is 5.87. The van der Waals surface area contributed by atoms with Crippen LogP contribution >= 0.6 is 0 Å². The highest BCUT2D eigenvalue weighted by Gasteiger charge is 2.74. The van der Waals surface area contributed by atoms with Crippen LogP contribution < -0.4 is 11.4 Å². The van der Waals surface area contributed by atoms with Gasteiger partial charge in [0.05, 0.1) is 0 Å². The SMILES string of the molecule is CC[C@]12O[C@@H](n3cc(C)c(N)nc3=O)[C@@H](OC13CCCC3)C2O[Si](CC)(CC)CC. The number of aryl methyl sites for hydroxylation is 1. The molecule has 0 radical (unpaired) electrons. The summed E-state index contributed by atoms with van der Waals surface area (Å²) in [7, 11) is -1.90. The Bertz CT molecular complexity index is 841. The maximum Gasteiger partial charge on any atom is 0.351 e. The minimum atomic E-state index is -1.90. The van der Waals surface area contributed by atoms with E-state index < -0.39 is 25.8 Å². The van der Waals surface area contributed by atoms with E-state index in [1.807, 2.05) is 6.92 Å². The summed E-state index contributed by atoms with van der Waals surface area (Å²) in [6.45, 7) is 10.8. The zero-order valence-corrected chi connectivity index (χ0v) is 20.1. The van der Waals surface area contributed by atoms with Crippen LogP contribution in [0.25, 0.3) is 0 Å². The molecule has 1 spiro atoms. The van der Waals surface area contributed by atoms with E-state index in [2.05, 4.69) is 32.7 Å². The van der Waals surface area contributed by atoms with Crippen molar-refractivity contribution < 1.29 is 13.9 Å². The molecule has 4 atom stereocenters. The van der Waals surface area contributed by atoms with Gasteiger partial charge in [-0.05, 0) is 44.3 Å². The van der Waals surface area contributed by atoms with Crippen molar-refractivity contribution >= 4 is 14.1 Å². The summed E-state index contributed by atoms with van der Waals surface area (Å²) in [5, 5.41) is 0. The topological polar surface area (TPSA) is 88.6 Å². The standard InChI is InChI=1S/C22H37N3O4Si/c1-6-22-17(29-30(7-2,8-3)9-4)16(27-21(22)12-10-11-13-21)19(28-22)25-14-15(5)18(23)24-20(25)26/h14,16-17,19H,6-13H2,1-5H3,(H2,23,24,26)/t16-,17?,19+,22+/m0/s1. The van der Waals surface area contributed by atoms with Gasteiger partial charge in [-0.15, -0.1) is 0 Å². The second-order valence-corrected chi connectivity index (χ2v) is 14.0. The molecule has 1 unspecified atom stereocenters. The van der Waals surface area contributed by atoms with Gasteiger partial charge in [-0.25, -0.2) is 4.79 Å². The fourth-order valence-electron chi connectivity index (χ4n) is 6.11. The first kappa shape index (κ1) is 22.0. The third-order valence-corrected chi connectivity index (χ3v) is 12.8. The fraction of sp³-hybridized carbons (Fsp3) is 0.818. The second-order valence-electron chi connectivity index (χ2n) is 9.32. The van der Waals surface area contributed by atoms with Gasteiger partial charge in [0, 0.05) is 11.8 Å². The Hall–Kier alpha value is -1.22. The number of ether oxygens (including phenoxy) is 2. The first-order valence-electron chi connectivity index (χ1n) is 11.7. The summed E-state index contributed by atoms with van der Waals surface area (Å²) in [4.78, 5) is 16.7. The van der Waals surface area contributed by atoms with E-state index in [1.54, 1.807) is 10.8 Å². The highest BCUT2D eigenvalue weighted by atomic mass is 28.4. The normalized spacial score (nSPS) is 32.4. The van der Waals surface area contributed by atoms with Crippen LogP contribution in [0.3, 0.4) is 0 Å². The minimum absolute atomic E-state index is 0.151. The number of nitrogens with two attached hydrogens (primary N) is 1. The number of anilines is 1. The number of aromatic nitrogens is 2. The zero-order valence-electron chi connectivity index (χ0n) is 19.1. The van der Waals surface area contributed by atoms with Crippen molar-refractivity contribution in [2.75, 3.05) is 5.73 Å². The number of hydrogen-bond acceptors (Lipinski definition) is 6. The van der Waals surface area contributed by atoms with Gasteiger partial charge >= 0.3 is 5.69 Å². The first-order valence-corrected chi connectivity index (χ1v) is 14.2. The smallest absolute Gasteiger partial charge is 0.351 e. The molecule has 1 aromatic heterocycles. The largest absolute Gasteiger partial charge is 0.408 e. The Morgan fingerprint density at radius 3 is 2.40 bits per heavy atom. The van der Waals surface area contributed by atoms with Crippen LogP contribution in [0, 0.1) is 6.92 Å². The minimum Gasteiger partial charge on any atom is -0.408 e. The van der Waals surface area contributed by atoms with Crippen LogP contribution in [0.15, 0.2) is 11.0 Å². The molecule has 8 heteroatoms. The van der Waals surface area contributed by atoms with Gasteiger partial charge in [-0.1, -0.05) is 40.5 Å². The van der Waals surface area contributed by atoms with Crippen LogP contribution in [-0.2, 0) is 13.9 Å². The van der Waals surface area contributed by atoms with Gasteiger partial charge < -0.3 is 19.6 Å². The first-order chi connectivity index (χ1) is 14.3. The predicted octanol–water partition coefficient (Wildman–Crippen LogP) is 3.91. The second kappa shape index (κ2) is 7.72. The molecule has 1 saturated carbocycles. The van der Waals surface area contributed by atoms with Crippen molar-refractivity contribution in [3.8, 4) is 0 Å². The van der Waals surface area contributed by atoms with E-state index >= 15 is 0 Å². The van der Waals surface area contributed by atoms with E-state index in [4.69, 9.17) is 19.6 Å². The van der Waals surface area contributed by atoms with Crippen molar-refractivity contribution in [3.05, 3.63) is 22.2 Å². The highest BCUT2D eigenvalue weighted by molar-refractivity contribution is 6.73. The summed E-state index contributed by atoms with van der Waals surface area (Å²) in [6, 6.07) is 3.22. The van der Waals surface area contributed by atoms with Crippen LogP contribution in [0.5, 0.6) is 0 Å². The number of hydrogen-bond donors (Lipinski definition) is 1. The predicted molar refractivity (Wildman–Crippen MR) is 119 cm³/mol. The van der Waals surface area contributed by atoms with Gasteiger partial charge in [0.25, 0.3) is 0 Å². The molecule has 2 aliphatic heterocycles. The summed E-state index contributed by atoms with van der Waals surface area (Å²) in [5.41, 5.74) is 5.40. The molecule has 2 bridgehead atoms. The van der Waals surface area contributed by atoms with E-state index in [-0.39, 0.29) is 23.6 Å². The van der Waals surface area contributed by atoms with Crippen LogP contribution in [0.2, 0.25) is 18.1 Å². The molecule has 30 heavy (non-hydrogen) atoms. The van der Waals surface area contributed by atoms with E-state index in [1.165, 1.54) is 0 Å². The molecular weight excluding hydrogens is 398 g/mol. The summed E-state index contributed by atoms with van der Waals surface area (Å²) < 4.78 is 22.3. The van der Waals surface area contributed by atoms with Crippen LogP contribution in [0.1, 0.15) is 71.6 Å². The lowest BCUT2D eigenvalue weighted by atomic mass is 9.78. The fourth-order valence-corrected chi connectivity index (χ4v) is 8.98. The molecule has 1 aromatic rings. The van der Waals surface area contributed by atoms with Crippen molar-refractivity contribution in [2.24, 2.45) is 0 Å². The molecule has 4 rings (SSSR count). The molecule has 3 heterocycles. The Kier molecular flexibility index (Phi) is 5.66. The van der Waals surface area contributed by atoms with Crippen LogP contribution in [0.4, 0.5) is 5.82 Å². The number of nitrogen functional groups attached to an aromatic ring is 1. The molecule has 0 aromatic carbocycles. The Morgan fingerprint density at radius 2 is 1.83 bits per heavy atom. The Morgan fingerprint density at radius 1 is 1.20 bits per heavy atom. The Labute approximate surface area is 180 Å². The molecule has 7 nitrogen and oxygen atoms in total. The molecule has 1 aliphatic carbocycles. The molecular formula is C22H37N3O4Si. The number of rotatable bonds is 7. The summed E-state index contributed by atoms with van der Waals surface area (Å²) >= 11 is 0. The quantitative estimate of drug-likeness (QED) is 0.653. The Balaban J connectivity index is 1.79. The highest BCUT2D eigenvalue weighted by Crippen LogP contribution is 2.62. The lowest BCUT2D eigenvalue weighted by Crippen LogP contribution is -2.58. The monoisotopic (exact) mass is 435 g/mol. The maximum absolute atomic E-state index is 12.7. The average molecular weight is 436 g/mol. The van der Waals surface area contributed by atoms with Crippen LogP contribution in [-0.4, -0.2) is 41.3 Å². The lowest BCUT2D eigenvalue weighted by Gasteiger charge is -2.46. The van der Waals surface area contributed by atoms with E-state index in [0.29, 0.717) is 0 Å². The molecule has 2 saturated heterocycles. The number of fused-ring (bicyclic) bond motifs is 3. The van der Waals surface area contributed by atoms with E-state index in [0.717, 1.165) is 55.8 Å². The van der Waals surface area contributed by atoms with Gasteiger partial charge in [0.2, 0.25) is 0 Å². The zero-order chi connectivity index (χ0) is 21.7.